The Kier molecular flexibility index (Phi) is 4.52. The predicted molar refractivity (Wildman–Crippen MR) is 75.3 cm³/mol. The Labute approximate surface area is 127 Å². The lowest BCUT2D eigenvalue weighted by atomic mass is 10.0. The molecular formula is C13H13ClN2O4S. The molecule has 1 fully saturated rings. The van der Waals surface area contributed by atoms with E-state index in [1.807, 2.05) is 6.07 Å². The van der Waals surface area contributed by atoms with Crippen molar-refractivity contribution in [2.45, 2.75) is 17.7 Å². The molecule has 21 heavy (non-hydrogen) atoms. The first-order valence-electron chi connectivity index (χ1n) is 6.29. The number of benzene rings is 1. The SMILES string of the molecule is N#Cc1cc(Cl)ccc1S(=O)(=O)N1CCCC(C(=O)O)C1. The van der Waals surface area contributed by atoms with Crippen LogP contribution in [-0.4, -0.2) is 36.9 Å². The fourth-order valence-corrected chi connectivity index (χ4v) is 4.13. The van der Waals surface area contributed by atoms with Gasteiger partial charge < -0.3 is 5.11 Å². The highest BCUT2D eigenvalue weighted by molar-refractivity contribution is 7.89. The smallest absolute Gasteiger partial charge is 0.307 e. The quantitative estimate of drug-likeness (QED) is 0.910. The third kappa shape index (κ3) is 3.18. The minimum absolute atomic E-state index is 0.0417. The first-order valence-corrected chi connectivity index (χ1v) is 8.10. The molecule has 1 unspecified atom stereocenters. The molecule has 6 nitrogen and oxygen atoms in total. The summed E-state index contributed by atoms with van der Waals surface area (Å²) in [5, 5.41) is 18.4. The molecule has 0 spiro atoms. The third-order valence-electron chi connectivity index (χ3n) is 3.41. The first kappa shape index (κ1) is 15.8. The number of halogens is 1. The maximum Gasteiger partial charge on any atom is 0.307 e. The van der Waals surface area contributed by atoms with Crippen LogP contribution in [0.5, 0.6) is 0 Å². The molecule has 8 heteroatoms. The van der Waals surface area contributed by atoms with Crippen molar-refractivity contribution in [2.24, 2.45) is 5.92 Å². The standard InChI is InChI=1S/C13H13ClN2O4S/c14-11-3-4-12(10(6-11)7-15)21(19,20)16-5-1-2-9(8-16)13(17)18/h3-4,6,9H,1-2,5,8H2,(H,17,18). The van der Waals surface area contributed by atoms with Crippen LogP contribution >= 0.6 is 11.6 Å². The number of nitrogens with zero attached hydrogens (tertiary/aromatic N) is 2. The summed E-state index contributed by atoms with van der Waals surface area (Å²) in [5.74, 6) is -1.72. The molecule has 1 aliphatic rings. The van der Waals surface area contributed by atoms with Crippen LogP contribution in [0.3, 0.4) is 0 Å². The van der Waals surface area contributed by atoms with Gasteiger partial charge in [0.15, 0.2) is 0 Å². The van der Waals surface area contributed by atoms with Gasteiger partial charge in [0, 0.05) is 18.1 Å². The van der Waals surface area contributed by atoms with Gasteiger partial charge in [0.1, 0.15) is 11.0 Å². The molecule has 1 saturated heterocycles. The van der Waals surface area contributed by atoms with E-state index in [1.165, 1.54) is 18.2 Å². The molecule has 1 N–H and O–H groups in total. The summed E-state index contributed by atoms with van der Waals surface area (Å²) in [5.41, 5.74) is -0.0417. The predicted octanol–water partition coefficient (Wildman–Crippen LogP) is 1.70. The maximum atomic E-state index is 12.6. The number of nitriles is 1. The van der Waals surface area contributed by atoms with Crippen LogP contribution in [-0.2, 0) is 14.8 Å². The van der Waals surface area contributed by atoms with Crippen molar-refractivity contribution in [1.29, 1.82) is 5.26 Å². The normalized spacial score (nSPS) is 19.9. The van der Waals surface area contributed by atoms with E-state index < -0.39 is 21.9 Å². The fourth-order valence-electron chi connectivity index (χ4n) is 2.32. The second-order valence-corrected chi connectivity index (χ2v) is 7.14. The van der Waals surface area contributed by atoms with E-state index in [0.717, 1.165) is 4.31 Å². The summed E-state index contributed by atoms with van der Waals surface area (Å²) in [6, 6.07) is 5.77. The lowest BCUT2D eigenvalue weighted by Gasteiger charge is -2.30. The summed E-state index contributed by atoms with van der Waals surface area (Å²) in [6.07, 6.45) is 0.929. The zero-order chi connectivity index (χ0) is 15.6. The van der Waals surface area contributed by atoms with Gasteiger partial charge in [0.2, 0.25) is 10.0 Å². The van der Waals surface area contributed by atoms with Crippen molar-refractivity contribution in [3.8, 4) is 6.07 Å². The number of carbonyl (C=O) groups is 1. The first-order chi connectivity index (χ1) is 9.86. The molecule has 1 atom stereocenters. The summed E-state index contributed by atoms with van der Waals surface area (Å²) in [7, 11) is -3.90. The minimum Gasteiger partial charge on any atom is -0.481 e. The van der Waals surface area contributed by atoms with Gasteiger partial charge in [-0.2, -0.15) is 9.57 Å². The average Bonchev–Trinajstić information content (AvgIpc) is 2.46. The molecule has 112 valence electrons. The van der Waals surface area contributed by atoms with Crippen molar-refractivity contribution >= 4 is 27.6 Å². The Morgan fingerprint density at radius 1 is 1.48 bits per heavy atom. The van der Waals surface area contributed by atoms with Gasteiger partial charge in [0.05, 0.1) is 11.5 Å². The lowest BCUT2D eigenvalue weighted by Crippen LogP contribution is -2.42. The topological polar surface area (TPSA) is 98.5 Å². The Bertz CT molecular complexity index is 711. The van der Waals surface area contributed by atoms with Gasteiger partial charge in [-0.25, -0.2) is 8.42 Å². The van der Waals surface area contributed by atoms with Crippen molar-refractivity contribution in [2.75, 3.05) is 13.1 Å². The Morgan fingerprint density at radius 3 is 2.81 bits per heavy atom. The van der Waals surface area contributed by atoms with Crippen LogP contribution < -0.4 is 0 Å². The monoisotopic (exact) mass is 328 g/mol. The van der Waals surface area contributed by atoms with Gasteiger partial charge in [0.25, 0.3) is 0 Å². The molecule has 1 aromatic carbocycles. The molecule has 0 radical (unpaired) electrons. The van der Waals surface area contributed by atoms with E-state index in [9.17, 15) is 13.2 Å². The lowest BCUT2D eigenvalue weighted by molar-refractivity contribution is -0.142. The largest absolute Gasteiger partial charge is 0.481 e. The van der Waals surface area contributed by atoms with E-state index in [4.69, 9.17) is 22.0 Å². The average molecular weight is 329 g/mol. The van der Waals surface area contributed by atoms with Crippen LogP contribution in [0.1, 0.15) is 18.4 Å². The molecular weight excluding hydrogens is 316 g/mol. The number of hydrogen-bond donors (Lipinski definition) is 1. The molecule has 0 bridgehead atoms. The number of carboxylic acids is 1. The van der Waals surface area contributed by atoms with Crippen LogP contribution in [0.2, 0.25) is 5.02 Å². The van der Waals surface area contributed by atoms with Crippen LogP contribution in [0.15, 0.2) is 23.1 Å². The minimum atomic E-state index is -3.90. The molecule has 0 aliphatic carbocycles. The number of sulfonamides is 1. The van der Waals surface area contributed by atoms with Crippen LogP contribution in [0.25, 0.3) is 0 Å². The van der Waals surface area contributed by atoms with Gasteiger partial charge >= 0.3 is 5.97 Å². The van der Waals surface area contributed by atoms with E-state index in [1.54, 1.807) is 0 Å². The van der Waals surface area contributed by atoms with Crippen LogP contribution in [0, 0.1) is 17.2 Å². The van der Waals surface area contributed by atoms with Crippen molar-refractivity contribution in [1.82, 2.24) is 4.31 Å². The Hall–Kier alpha value is -1.62. The highest BCUT2D eigenvalue weighted by Gasteiger charge is 2.34. The Morgan fingerprint density at radius 2 is 2.19 bits per heavy atom. The number of aliphatic carboxylic acids is 1. The number of rotatable bonds is 3. The van der Waals surface area contributed by atoms with Crippen molar-refractivity contribution in [3.63, 3.8) is 0 Å². The summed E-state index contributed by atoms with van der Waals surface area (Å²) in [6.45, 7) is 0.171. The van der Waals surface area contributed by atoms with Gasteiger partial charge in [-0.05, 0) is 31.0 Å². The summed E-state index contributed by atoms with van der Waals surface area (Å²) >= 11 is 5.76. The van der Waals surface area contributed by atoms with Crippen molar-refractivity contribution in [3.05, 3.63) is 28.8 Å². The maximum absolute atomic E-state index is 12.6. The van der Waals surface area contributed by atoms with Crippen LogP contribution in [0.4, 0.5) is 0 Å². The molecule has 2 rings (SSSR count). The molecule has 1 aromatic rings. The second kappa shape index (κ2) is 6.02. The molecule has 0 amide bonds. The van der Waals surface area contributed by atoms with Gasteiger partial charge in [-0.3, -0.25) is 4.79 Å². The van der Waals surface area contributed by atoms with E-state index >= 15 is 0 Å². The summed E-state index contributed by atoms with van der Waals surface area (Å²) in [4.78, 5) is 10.9. The third-order valence-corrected chi connectivity index (χ3v) is 5.57. The molecule has 1 aliphatic heterocycles. The number of piperidine rings is 1. The molecule has 0 aromatic heterocycles. The zero-order valence-electron chi connectivity index (χ0n) is 11.0. The van der Waals surface area contributed by atoms with Gasteiger partial charge in [-0.15, -0.1) is 0 Å². The van der Waals surface area contributed by atoms with Crippen molar-refractivity contribution < 1.29 is 18.3 Å². The zero-order valence-corrected chi connectivity index (χ0v) is 12.6. The highest BCUT2D eigenvalue weighted by Crippen LogP contribution is 2.27. The van der Waals surface area contributed by atoms with Gasteiger partial charge in [-0.1, -0.05) is 11.6 Å². The fraction of sp³-hybridized carbons (Fsp3) is 0.385. The number of hydrogen-bond acceptors (Lipinski definition) is 4. The molecule has 1 heterocycles. The molecule has 0 saturated carbocycles. The second-order valence-electron chi connectivity index (χ2n) is 4.79. The van der Waals surface area contributed by atoms with E-state index in [2.05, 4.69) is 0 Å². The van der Waals surface area contributed by atoms with E-state index in [-0.39, 0.29) is 28.6 Å². The highest BCUT2D eigenvalue weighted by atomic mass is 35.5. The Balaban J connectivity index is 2.39. The van der Waals surface area contributed by atoms with E-state index in [0.29, 0.717) is 12.8 Å². The summed E-state index contributed by atoms with van der Waals surface area (Å²) < 4.78 is 26.3. The number of carboxylic acid groups (broad SMARTS) is 1.